The molecule has 1 aliphatic heterocycles. The number of nitrogens with one attached hydrogen (secondary N) is 2. The number of aromatic nitrogens is 1. The van der Waals surface area contributed by atoms with Crippen molar-refractivity contribution in [1.82, 2.24) is 20.5 Å². The Morgan fingerprint density at radius 2 is 1.89 bits per heavy atom. The van der Waals surface area contributed by atoms with Gasteiger partial charge in [0.1, 0.15) is 5.82 Å². The molecule has 1 saturated carbocycles. The lowest BCUT2D eigenvalue weighted by atomic mass is 9.86. The van der Waals surface area contributed by atoms with Crippen LogP contribution in [0.15, 0.2) is 41.8 Å². The summed E-state index contributed by atoms with van der Waals surface area (Å²) in [5, 5.41) is 16.8. The van der Waals surface area contributed by atoms with Crippen molar-refractivity contribution in [3.8, 4) is 0 Å². The van der Waals surface area contributed by atoms with Crippen LogP contribution in [-0.4, -0.2) is 59.2 Å². The van der Waals surface area contributed by atoms with Gasteiger partial charge in [0.2, 0.25) is 0 Å². The van der Waals surface area contributed by atoms with E-state index in [2.05, 4.69) is 61.2 Å². The van der Waals surface area contributed by atoms with E-state index in [1.165, 1.54) is 31.5 Å². The van der Waals surface area contributed by atoms with Crippen LogP contribution in [0.1, 0.15) is 90.3 Å². The largest absolute Gasteiger partial charge is 0.396 e. The zero-order valence-electron chi connectivity index (χ0n) is 23.8. The highest BCUT2D eigenvalue weighted by Gasteiger charge is 2.23. The average molecular weight is 510 g/mol. The molecule has 2 fully saturated rings. The summed E-state index contributed by atoms with van der Waals surface area (Å²) >= 11 is 0. The van der Waals surface area contributed by atoms with Gasteiger partial charge in [-0.25, -0.2) is 0 Å². The number of nitrogens with zero attached hydrogens (tertiary/aromatic N) is 3. The molecule has 0 bridgehead atoms. The molecule has 206 valence electrons. The Bertz CT molecular complexity index is 875. The molecule has 1 saturated heterocycles. The third-order valence-corrected chi connectivity index (χ3v) is 8.10. The second-order valence-corrected chi connectivity index (χ2v) is 11.3. The normalized spacial score (nSPS) is 22.6. The van der Waals surface area contributed by atoms with Crippen LogP contribution in [0, 0.1) is 11.8 Å². The van der Waals surface area contributed by atoms with Gasteiger partial charge >= 0.3 is 0 Å². The van der Waals surface area contributed by atoms with E-state index in [0.717, 1.165) is 80.3 Å². The van der Waals surface area contributed by atoms with E-state index >= 15 is 0 Å². The number of allylic oxidation sites excluding steroid dienone is 2. The Kier molecular flexibility index (Phi) is 12.1. The molecule has 0 unspecified atom stereocenters. The molecule has 0 atom stereocenters. The third-order valence-electron chi connectivity index (χ3n) is 8.10. The predicted molar refractivity (Wildman–Crippen MR) is 156 cm³/mol. The fraction of sp³-hybridized carbons (Fsp3) is 0.677. The molecule has 6 heteroatoms. The monoisotopic (exact) mass is 509 g/mol. The number of piperidine rings is 1. The SMILES string of the molecule is C=C/C(=C(\NC(C)=NCCCC)NC1CCC(CO)CC1)c1ccc(CC2CCN(C(C)C)CC2)cn1. The fourth-order valence-corrected chi connectivity index (χ4v) is 5.55. The molecular formula is C31H51N5O. The van der Waals surface area contributed by atoms with Crippen molar-refractivity contribution in [2.75, 3.05) is 26.2 Å². The maximum atomic E-state index is 9.53. The molecule has 2 heterocycles. The molecule has 37 heavy (non-hydrogen) atoms. The van der Waals surface area contributed by atoms with Gasteiger partial charge in [-0.2, -0.15) is 0 Å². The molecule has 1 aliphatic carbocycles. The summed E-state index contributed by atoms with van der Waals surface area (Å²) in [6, 6.07) is 5.39. The van der Waals surface area contributed by atoms with Gasteiger partial charge in [0, 0.05) is 37.0 Å². The molecule has 3 N–H and O–H groups in total. The smallest absolute Gasteiger partial charge is 0.114 e. The first-order valence-corrected chi connectivity index (χ1v) is 14.6. The van der Waals surface area contributed by atoms with Gasteiger partial charge in [-0.05, 0) is 109 Å². The van der Waals surface area contributed by atoms with E-state index in [0.29, 0.717) is 24.6 Å². The van der Waals surface area contributed by atoms with Crippen LogP contribution >= 0.6 is 0 Å². The highest BCUT2D eigenvalue weighted by molar-refractivity contribution is 5.85. The Hall–Kier alpha value is -2.18. The van der Waals surface area contributed by atoms with E-state index in [1.54, 1.807) is 0 Å². The summed E-state index contributed by atoms with van der Waals surface area (Å²) in [6.07, 6.45) is 14.0. The number of hydrogen-bond acceptors (Lipinski definition) is 5. The standard InChI is InChI=1S/C31H51N5O/c1-6-8-17-32-24(5)34-31(35-28-12-9-26(22-37)10-13-28)29(7-2)30-14-11-27(21-33-30)20-25-15-18-36(19-16-25)23(3)4/h7,11,14,21,23,25-26,28,35,37H,2,6,8-10,12-13,15-20,22H2,1,3-5H3,(H,32,34)/b31-29-. The quantitative estimate of drug-likeness (QED) is 0.149. The van der Waals surface area contributed by atoms with E-state index in [1.807, 2.05) is 13.0 Å². The maximum absolute atomic E-state index is 9.53. The fourth-order valence-electron chi connectivity index (χ4n) is 5.55. The first-order valence-electron chi connectivity index (χ1n) is 14.6. The van der Waals surface area contributed by atoms with Crippen LogP contribution in [0.4, 0.5) is 0 Å². The van der Waals surface area contributed by atoms with Crippen molar-refractivity contribution < 1.29 is 5.11 Å². The van der Waals surface area contributed by atoms with Crippen molar-refractivity contribution in [2.24, 2.45) is 16.8 Å². The molecule has 6 nitrogen and oxygen atoms in total. The van der Waals surface area contributed by atoms with E-state index < -0.39 is 0 Å². The van der Waals surface area contributed by atoms with Gasteiger partial charge in [0.15, 0.2) is 0 Å². The Labute approximate surface area is 225 Å². The lowest BCUT2D eigenvalue weighted by molar-refractivity contribution is 0.149. The highest BCUT2D eigenvalue weighted by atomic mass is 16.3. The molecule has 1 aromatic rings. The number of hydrogen-bond donors (Lipinski definition) is 3. The summed E-state index contributed by atoms with van der Waals surface area (Å²) in [7, 11) is 0. The molecular weight excluding hydrogens is 458 g/mol. The second-order valence-electron chi connectivity index (χ2n) is 11.3. The zero-order chi connectivity index (χ0) is 26.6. The molecule has 1 aromatic heterocycles. The van der Waals surface area contributed by atoms with Gasteiger partial charge < -0.3 is 20.6 Å². The number of rotatable bonds is 12. The summed E-state index contributed by atoms with van der Waals surface area (Å²) in [4.78, 5) is 12.2. The minimum Gasteiger partial charge on any atom is -0.396 e. The first kappa shape index (κ1) is 29.4. The number of pyridine rings is 1. The lowest BCUT2D eigenvalue weighted by Gasteiger charge is -2.34. The van der Waals surface area contributed by atoms with E-state index in [-0.39, 0.29) is 0 Å². The lowest BCUT2D eigenvalue weighted by Crippen LogP contribution is -2.40. The highest BCUT2D eigenvalue weighted by Crippen LogP contribution is 2.26. The zero-order valence-corrected chi connectivity index (χ0v) is 23.8. The van der Waals surface area contributed by atoms with Crippen LogP contribution in [0.2, 0.25) is 0 Å². The van der Waals surface area contributed by atoms with Crippen molar-refractivity contribution in [3.63, 3.8) is 0 Å². The number of unbranched alkanes of at least 4 members (excludes halogenated alkanes) is 1. The summed E-state index contributed by atoms with van der Waals surface area (Å²) in [6.45, 7) is 16.5. The molecule has 2 aliphatic rings. The summed E-state index contributed by atoms with van der Waals surface area (Å²) in [5.41, 5.74) is 3.22. The molecule has 3 rings (SSSR count). The molecule has 0 radical (unpaired) electrons. The predicted octanol–water partition coefficient (Wildman–Crippen LogP) is 5.55. The van der Waals surface area contributed by atoms with Gasteiger partial charge in [0.25, 0.3) is 0 Å². The van der Waals surface area contributed by atoms with Crippen molar-refractivity contribution in [2.45, 2.75) is 97.6 Å². The Balaban J connectivity index is 1.73. The first-order chi connectivity index (χ1) is 17.9. The number of aliphatic hydroxyl groups is 1. The van der Waals surface area contributed by atoms with Crippen LogP contribution in [-0.2, 0) is 6.42 Å². The van der Waals surface area contributed by atoms with Crippen molar-refractivity contribution in [1.29, 1.82) is 0 Å². The van der Waals surface area contributed by atoms with Crippen LogP contribution < -0.4 is 10.6 Å². The van der Waals surface area contributed by atoms with E-state index in [4.69, 9.17) is 9.98 Å². The molecule has 0 amide bonds. The Morgan fingerprint density at radius 1 is 1.16 bits per heavy atom. The number of amidine groups is 1. The minimum absolute atomic E-state index is 0.294. The summed E-state index contributed by atoms with van der Waals surface area (Å²) in [5.74, 6) is 3.01. The minimum atomic E-state index is 0.294. The van der Waals surface area contributed by atoms with Gasteiger partial charge in [0.05, 0.1) is 11.5 Å². The van der Waals surface area contributed by atoms with Crippen molar-refractivity contribution in [3.05, 3.63) is 48.1 Å². The second kappa shape index (κ2) is 15.3. The van der Waals surface area contributed by atoms with Gasteiger partial charge in [-0.15, -0.1) is 0 Å². The van der Waals surface area contributed by atoms with Crippen LogP contribution in [0.25, 0.3) is 5.57 Å². The molecule has 0 aromatic carbocycles. The third kappa shape index (κ3) is 9.26. The topological polar surface area (TPSA) is 72.8 Å². The number of likely N-dealkylation sites (tertiary alicyclic amines) is 1. The van der Waals surface area contributed by atoms with Crippen LogP contribution in [0.3, 0.4) is 0 Å². The van der Waals surface area contributed by atoms with E-state index in [9.17, 15) is 5.11 Å². The Morgan fingerprint density at radius 3 is 2.46 bits per heavy atom. The number of aliphatic hydroxyl groups excluding tert-OH is 1. The van der Waals surface area contributed by atoms with Crippen LogP contribution in [0.5, 0.6) is 0 Å². The maximum Gasteiger partial charge on any atom is 0.114 e. The number of aliphatic imine (C=N–C) groups is 1. The molecule has 0 spiro atoms. The average Bonchev–Trinajstić information content (AvgIpc) is 2.91. The van der Waals surface area contributed by atoms with Crippen molar-refractivity contribution >= 4 is 11.4 Å². The van der Waals surface area contributed by atoms with Gasteiger partial charge in [-0.1, -0.05) is 32.1 Å². The van der Waals surface area contributed by atoms with Gasteiger partial charge in [-0.3, -0.25) is 9.98 Å². The summed E-state index contributed by atoms with van der Waals surface area (Å²) < 4.78 is 0.